The van der Waals surface area contributed by atoms with E-state index in [1.165, 1.54) is 12.1 Å². The Kier molecular flexibility index (Phi) is 7.41. The fraction of sp³-hybridized carbons (Fsp3) is 0.462. The molecule has 6 heteroatoms. The van der Waals surface area contributed by atoms with Gasteiger partial charge in [-0.1, -0.05) is 6.92 Å². The van der Waals surface area contributed by atoms with Crippen molar-refractivity contribution in [2.24, 2.45) is 11.7 Å². The van der Waals surface area contributed by atoms with Crippen LogP contribution in [0.3, 0.4) is 0 Å². The number of amides is 1. The zero-order chi connectivity index (χ0) is 13.7. The van der Waals surface area contributed by atoms with Gasteiger partial charge in [0, 0.05) is 17.8 Å². The molecule has 1 aromatic rings. The third kappa shape index (κ3) is 5.04. The van der Waals surface area contributed by atoms with Crippen LogP contribution in [0.5, 0.6) is 5.75 Å². The molecule has 2 unspecified atom stereocenters. The van der Waals surface area contributed by atoms with Gasteiger partial charge >= 0.3 is 0 Å². The fourth-order valence-electron chi connectivity index (χ4n) is 1.35. The van der Waals surface area contributed by atoms with Gasteiger partial charge in [-0.05, 0) is 26.0 Å². The van der Waals surface area contributed by atoms with Crippen LogP contribution in [0.4, 0.5) is 10.1 Å². The molecule has 0 aliphatic carbocycles. The molecule has 108 valence electrons. The summed E-state index contributed by atoms with van der Waals surface area (Å²) in [5.74, 6) is -0.882. The van der Waals surface area contributed by atoms with E-state index in [1.54, 1.807) is 26.8 Å². The van der Waals surface area contributed by atoms with E-state index < -0.39 is 5.82 Å². The van der Waals surface area contributed by atoms with Crippen LogP contribution in [0.1, 0.15) is 20.8 Å². The lowest BCUT2D eigenvalue weighted by molar-refractivity contribution is -0.119. The number of benzene rings is 1. The predicted octanol–water partition coefficient (Wildman–Crippen LogP) is 2.57. The maximum Gasteiger partial charge on any atom is 0.228 e. The summed E-state index contributed by atoms with van der Waals surface area (Å²) in [4.78, 5) is 11.7. The molecule has 1 aromatic carbocycles. The second-order valence-electron chi connectivity index (χ2n) is 4.22. The highest BCUT2D eigenvalue weighted by molar-refractivity contribution is 5.92. The van der Waals surface area contributed by atoms with E-state index in [9.17, 15) is 9.18 Å². The van der Waals surface area contributed by atoms with Gasteiger partial charge in [0.1, 0.15) is 0 Å². The number of carbonyl (C=O) groups excluding carboxylic acids is 1. The molecule has 0 spiro atoms. The number of ether oxygens (including phenoxy) is 1. The summed E-state index contributed by atoms with van der Waals surface area (Å²) in [5.41, 5.74) is 6.03. The molecule has 4 nitrogen and oxygen atoms in total. The first-order valence-corrected chi connectivity index (χ1v) is 5.94. The first-order chi connectivity index (χ1) is 8.45. The van der Waals surface area contributed by atoms with Crippen molar-refractivity contribution in [1.82, 2.24) is 0 Å². The Hall–Kier alpha value is -1.33. The molecule has 3 N–H and O–H groups in total. The molecule has 0 aliphatic rings. The van der Waals surface area contributed by atoms with Crippen LogP contribution in [0.2, 0.25) is 0 Å². The Morgan fingerprint density at radius 1 is 1.47 bits per heavy atom. The van der Waals surface area contributed by atoms with Crippen LogP contribution in [0, 0.1) is 11.7 Å². The van der Waals surface area contributed by atoms with Gasteiger partial charge in [-0.25, -0.2) is 4.39 Å². The number of hydrogen-bond acceptors (Lipinski definition) is 3. The third-order valence-electron chi connectivity index (χ3n) is 2.70. The van der Waals surface area contributed by atoms with E-state index in [-0.39, 0.29) is 36.0 Å². The summed E-state index contributed by atoms with van der Waals surface area (Å²) >= 11 is 0. The lowest BCUT2D eigenvalue weighted by atomic mass is 10.0. The van der Waals surface area contributed by atoms with Crippen molar-refractivity contribution in [3.05, 3.63) is 24.0 Å². The molecule has 1 rings (SSSR count). The highest BCUT2D eigenvalue weighted by atomic mass is 35.5. The monoisotopic (exact) mass is 290 g/mol. The van der Waals surface area contributed by atoms with E-state index in [1.807, 2.05) is 0 Å². The minimum Gasteiger partial charge on any atom is -0.491 e. The molecular weight excluding hydrogens is 271 g/mol. The molecule has 0 saturated heterocycles. The second kappa shape index (κ2) is 7.96. The zero-order valence-corrected chi connectivity index (χ0v) is 12.1. The molecule has 0 saturated carbocycles. The van der Waals surface area contributed by atoms with E-state index >= 15 is 0 Å². The van der Waals surface area contributed by atoms with Crippen molar-refractivity contribution in [2.45, 2.75) is 26.8 Å². The summed E-state index contributed by atoms with van der Waals surface area (Å²) in [5, 5.41) is 2.62. The molecule has 0 radical (unpaired) electrons. The van der Waals surface area contributed by atoms with E-state index in [4.69, 9.17) is 10.5 Å². The number of halogens is 2. The molecule has 0 bridgehead atoms. The van der Waals surface area contributed by atoms with Gasteiger partial charge in [0.05, 0.1) is 12.5 Å². The van der Waals surface area contributed by atoms with Crippen LogP contribution in [-0.2, 0) is 4.79 Å². The number of nitrogens with two attached hydrogens (primary N) is 1. The zero-order valence-electron chi connectivity index (χ0n) is 11.3. The molecule has 2 atom stereocenters. The van der Waals surface area contributed by atoms with Gasteiger partial charge in [0.15, 0.2) is 11.6 Å². The van der Waals surface area contributed by atoms with Gasteiger partial charge in [-0.2, -0.15) is 0 Å². The minimum atomic E-state index is -0.497. The Balaban J connectivity index is 0.00000324. The normalized spacial score (nSPS) is 13.1. The molecule has 0 fully saturated rings. The minimum absolute atomic E-state index is 0. The molecular formula is C13H20ClFN2O2. The van der Waals surface area contributed by atoms with Gasteiger partial charge in [0.25, 0.3) is 0 Å². The van der Waals surface area contributed by atoms with Gasteiger partial charge < -0.3 is 15.8 Å². The van der Waals surface area contributed by atoms with Crippen LogP contribution >= 0.6 is 12.4 Å². The third-order valence-corrected chi connectivity index (χ3v) is 2.70. The number of carbonyl (C=O) groups is 1. The first kappa shape index (κ1) is 17.7. The number of nitrogens with one attached hydrogen (secondary N) is 1. The van der Waals surface area contributed by atoms with Crippen molar-refractivity contribution in [3.63, 3.8) is 0 Å². The van der Waals surface area contributed by atoms with Crippen molar-refractivity contribution >= 4 is 24.0 Å². The molecule has 0 aliphatic heterocycles. The smallest absolute Gasteiger partial charge is 0.228 e. The molecule has 0 heterocycles. The van der Waals surface area contributed by atoms with E-state index in [0.717, 1.165) is 0 Å². The lowest BCUT2D eigenvalue weighted by Crippen LogP contribution is -2.34. The number of rotatable bonds is 5. The van der Waals surface area contributed by atoms with Crippen LogP contribution in [0.25, 0.3) is 0 Å². The van der Waals surface area contributed by atoms with Crippen molar-refractivity contribution in [3.8, 4) is 5.75 Å². The predicted molar refractivity (Wildman–Crippen MR) is 76.3 cm³/mol. The molecule has 1 amide bonds. The summed E-state index contributed by atoms with van der Waals surface area (Å²) in [7, 11) is 0. The summed E-state index contributed by atoms with van der Waals surface area (Å²) in [6.07, 6.45) is 0. The van der Waals surface area contributed by atoms with Crippen LogP contribution < -0.4 is 15.8 Å². The SMILES string of the molecule is CCOc1ccc(NC(=O)C(C)C(C)N)cc1F.Cl. The fourth-order valence-corrected chi connectivity index (χ4v) is 1.35. The van der Waals surface area contributed by atoms with Crippen LogP contribution in [-0.4, -0.2) is 18.6 Å². The number of anilines is 1. The Morgan fingerprint density at radius 2 is 2.11 bits per heavy atom. The van der Waals surface area contributed by atoms with Crippen molar-refractivity contribution in [1.29, 1.82) is 0 Å². The van der Waals surface area contributed by atoms with Gasteiger partial charge in [-0.15, -0.1) is 12.4 Å². The maximum atomic E-state index is 13.5. The standard InChI is InChI=1S/C13H19FN2O2.ClH/c1-4-18-12-6-5-10(7-11(12)14)16-13(17)8(2)9(3)15;/h5-9H,4,15H2,1-3H3,(H,16,17);1H. The topological polar surface area (TPSA) is 64.3 Å². The quantitative estimate of drug-likeness (QED) is 0.876. The Bertz CT molecular complexity index is 427. The summed E-state index contributed by atoms with van der Waals surface area (Å²) in [6, 6.07) is 4.07. The molecule has 0 aromatic heterocycles. The second-order valence-corrected chi connectivity index (χ2v) is 4.22. The Morgan fingerprint density at radius 3 is 2.58 bits per heavy atom. The van der Waals surface area contributed by atoms with Gasteiger partial charge in [-0.3, -0.25) is 4.79 Å². The molecule has 19 heavy (non-hydrogen) atoms. The first-order valence-electron chi connectivity index (χ1n) is 5.94. The van der Waals surface area contributed by atoms with E-state index in [0.29, 0.717) is 12.3 Å². The average molecular weight is 291 g/mol. The summed E-state index contributed by atoms with van der Waals surface area (Å²) in [6.45, 7) is 5.65. The van der Waals surface area contributed by atoms with Crippen molar-refractivity contribution in [2.75, 3.05) is 11.9 Å². The largest absolute Gasteiger partial charge is 0.491 e. The van der Waals surface area contributed by atoms with Crippen molar-refractivity contribution < 1.29 is 13.9 Å². The average Bonchev–Trinajstić information content (AvgIpc) is 2.31. The summed E-state index contributed by atoms with van der Waals surface area (Å²) < 4.78 is 18.6. The van der Waals surface area contributed by atoms with Crippen LogP contribution in [0.15, 0.2) is 18.2 Å². The van der Waals surface area contributed by atoms with Gasteiger partial charge in [0.2, 0.25) is 5.91 Å². The number of hydrogen-bond donors (Lipinski definition) is 2. The highest BCUT2D eigenvalue weighted by Gasteiger charge is 2.17. The lowest BCUT2D eigenvalue weighted by Gasteiger charge is -2.15. The highest BCUT2D eigenvalue weighted by Crippen LogP contribution is 2.21. The van der Waals surface area contributed by atoms with E-state index in [2.05, 4.69) is 5.32 Å². The Labute approximate surface area is 118 Å². The maximum absolute atomic E-state index is 13.5.